The van der Waals surface area contributed by atoms with Crippen molar-refractivity contribution in [2.75, 3.05) is 20.2 Å². The summed E-state index contributed by atoms with van der Waals surface area (Å²) >= 11 is 1.40. The van der Waals surface area contributed by atoms with Crippen molar-refractivity contribution in [2.45, 2.75) is 57.8 Å². The summed E-state index contributed by atoms with van der Waals surface area (Å²) in [6.45, 7) is 6.16. The first-order chi connectivity index (χ1) is 33.5. The molecule has 0 N–H and O–H groups in total. The van der Waals surface area contributed by atoms with Crippen molar-refractivity contribution in [1.29, 1.82) is 5.26 Å². The number of fused-ring (bicyclic) bond motifs is 1. The number of nitrogens with zero attached hydrogens (tertiary/aromatic N) is 2. The van der Waals surface area contributed by atoms with E-state index in [4.69, 9.17) is 42.9 Å². The molecule has 0 unspecified atom stereocenters. The quantitative estimate of drug-likeness (QED) is 0.0249. The summed E-state index contributed by atoms with van der Waals surface area (Å²) in [4.78, 5) is 80.1. The fourth-order valence-electron chi connectivity index (χ4n) is 7.86. The lowest BCUT2D eigenvalue weighted by Crippen LogP contribution is -2.30. The minimum atomic E-state index is -0.613. The summed E-state index contributed by atoms with van der Waals surface area (Å²) in [6.07, 6.45) is 6.01. The van der Waals surface area contributed by atoms with Crippen molar-refractivity contribution in [3.8, 4) is 45.4 Å². The van der Waals surface area contributed by atoms with E-state index in [-0.39, 0.29) is 49.7 Å². The number of thiazole rings is 1. The third-order valence-corrected chi connectivity index (χ3v) is 12.9. The fraction of sp³-hybridized carbons (Fsp3) is 0.308. The predicted octanol–water partition coefficient (Wildman–Crippen LogP) is 8.78. The van der Waals surface area contributed by atoms with Gasteiger partial charge in [-0.3, -0.25) is 19.2 Å². The molecule has 2 aliphatic rings. The third-order valence-electron chi connectivity index (χ3n) is 11.7. The second-order valence-electron chi connectivity index (χ2n) is 16.2. The Labute approximate surface area is 401 Å². The number of hydrogen-bond acceptors (Lipinski definition) is 17. The van der Waals surface area contributed by atoms with Gasteiger partial charge in [-0.1, -0.05) is 31.4 Å². The van der Waals surface area contributed by atoms with Crippen molar-refractivity contribution in [3.05, 3.63) is 121 Å². The summed E-state index contributed by atoms with van der Waals surface area (Å²) in [6, 6.07) is 25.3. The number of benzene rings is 4. The molecule has 4 aromatic carbocycles. The standard InChI is InChI=1S/C52H48N2O14S/c1-3-44(55)64-30-62-39-18-22-41(23-19-39)66-50(58)36-11-9-35(10-12-36)49(57)61-28-27-33-17-26-43(46-47(33)69-48(54-46)34-7-5-32(29-53)6-8-34)68-52(60)38-15-13-37(14-16-38)51(59)67-42-24-20-40(21-25-42)63-31-65-45(56)4-2/h3-8,17-26,35-38H,1-2,9-16,27-28,30-31H2. The lowest BCUT2D eigenvalue weighted by molar-refractivity contribution is -0.152. The summed E-state index contributed by atoms with van der Waals surface area (Å²) in [5, 5.41) is 9.99. The highest BCUT2D eigenvalue weighted by molar-refractivity contribution is 7.21. The van der Waals surface area contributed by atoms with Crippen LogP contribution in [0.3, 0.4) is 0 Å². The fourth-order valence-corrected chi connectivity index (χ4v) is 8.99. The van der Waals surface area contributed by atoms with E-state index in [1.807, 2.05) is 6.07 Å². The Kier molecular flexibility index (Phi) is 16.9. The van der Waals surface area contributed by atoms with Crippen LogP contribution in [0.1, 0.15) is 62.5 Å². The average molecular weight is 957 g/mol. The van der Waals surface area contributed by atoms with Crippen LogP contribution in [0, 0.1) is 35.0 Å². The van der Waals surface area contributed by atoms with Gasteiger partial charge < -0.3 is 37.9 Å². The van der Waals surface area contributed by atoms with Crippen molar-refractivity contribution >= 4 is 57.4 Å². The van der Waals surface area contributed by atoms with Crippen molar-refractivity contribution in [1.82, 2.24) is 4.98 Å². The van der Waals surface area contributed by atoms with Crippen molar-refractivity contribution in [2.24, 2.45) is 23.7 Å². The molecule has 2 aliphatic carbocycles. The van der Waals surface area contributed by atoms with Gasteiger partial charge in [-0.25, -0.2) is 14.6 Å². The minimum Gasteiger partial charge on any atom is -0.465 e. The monoisotopic (exact) mass is 956 g/mol. The highest BCUT2D eigenvalue weighted by Gasteiger charge is 2.34. The highest BCUT2D eigenvalue weighted by atomic mass is 32.1. The van der Waals surface area contributed by atoms with E-state index in [0.717, 1.165) is 28.0 Å². The molecule has 16 nitrogen and oxygen atoms in total. The summed E-state index contributed by atoms with van der Waals surface area (Å²) in [7, 11) is 0. The van der Waals surface area contributed by atoms with Gasteiger partial charge in [0.15, 0.2) is 5.75 Å². The summed E-state index contributed by atoms with van der Waals surface area (Å²) in [5.41, 5.74) is 2.59. The number of ether oxygens (including phenoxy) is 8. The number of nitriles is 1. The van der Waals surface area contributed by atoms with Gasteiger partial charge in [0.2, 0.25) is 13.6 Å². The van der Waals surface area contributed by atoms with E-state index >= 15 is 0 Å². The Bertz CT molecular complexity index is 2710. The number of aromatic nitrogens is 1. The van der Waals surface area contributed by atoms with E-state index in [1.165, 1.54) is 11.3 Å². The molecule has 69 heavy (non-hydrogen) atoms. The Hall–Kier alpha value is -7.84. The zero-order valence-corrected chi connectivity index (χ0v) is 38.3. The van der Waals surface area contributed by atoms with Crippen LogP contribution in [-0.4, -0.2) is 61.0 Å². The zero-order chi connectivity index (χ0) is 48.7. The lowest BCUT2D eigenvalue weighted by atomic mass is 9.82. The van der Waals surface area contributed by atoms with Crippen LogP contribution in [-0.2, 0) is 49.4 Å². The molecular formula is C52H48N2O14S. The molecule has 0 radical (unpaired) electrons. The van der Waals surface area contributed by atoms with Gasteiger partial charge in [-0.05, 0) is 124 Å². The SMILES string of the molecule is C=CC(=O)OCOc1ccc(OC(=O)C2CCC(C(=O)OCCc3ccc(OC(=O)C4CCC(C(=O)Oc5ccc(OCOC(=O)C=C)cc5)CC4)c4nc(-c5ccc(C#N)cc5)sc34)CC2)cc1. The summed E-state index contributed by atoms with van der Waals surface area (Å²) < 4.78 is 44.0. The van der Waals surface area contributed by atoms with Gasteiger partial charge in [0.25, 0.3) is 0 Å². The van der Waals surface area contributed by atoms with Gasteiger partial charge in [0.1, 0.15) is 33.5 Å². The molecular weight excluding hydrogens is 909 g/mol. The van der Waals surface area contributed by atoms with Crippen LogP contribution in [0.4, 0.5) is 0 Å². The van der Waals surface area contributed by atoms with Gasteiger partial charge in [-0.15, -0.1) is 11.3 Å². The second-order valence-corrected chi connectivity index (χ2v) is 17.2. The first kappa shape index (κ1) is 49.1. The molecule has 1 aromatic heterocycles. The van der Waals surface area contributed by atoms with Gasteiger partial charge >= 0.3 is 35.8 Å². The molecule has 7 rings (SSSR count). The lowest BCUT2D eigenvalue weighted by Gasteiger charge is -2.26. The van der Waals surface area contributed by atoms with E-state index in [9.17, 15) is 34.0 Å². The minimum absolute atomic E-state index is 0.0932. The molecule has 2 saturated carbocycles. The number of carbonyl (C=O) groups is 6. The molecule has 0 spiro atoms. The molecule has 0 saturated heterocycles. The maximum absolute atomic E-state index is 13.6. The van der Waals surface area contributed by atoms with Gasteiger partial charge in [-0.2, -0.15) is 5.26 Å². The molecule has 0 amide bonds. The Balaban J connectivity index is 0.904. The third kappa shape index (κ3) is 13.4. The maximum atomic E-state index is 13.6. The molecule has 0 atom stereocenters. The van der Waals surface area contributed by atoms with E-state index in [2.05, 4.69) is 19.2 Å². The molecule has 1 heterocycles. The normalized spacial score (nSPS) is 17.5. The van der Waals surface area contributed by atoms with Crippen LogP contribution >= 0.6 is 11.3 Å². The molecule has 2 fully saturated rings. The van der Waals surface area contributed by atoms with E-state index in [1.54, 1.807) is 78.9 Å². The van der Waals surface area contributed by atoms with Gasteiger partial charge in [0.05, 0.1) is 46.6 Å². The van der Waals surface area contributed by atoms with E-state index < -0.39 is 35.7 Å². The van der Waals surface area contributed by atoms with Crippen LogP contribution < -0.4 is 23.7 Å². The molecule has 17 heteroatoms. The molecule has 5 aromatic rings. The number of esters is 6. The first-order valence-corrected chi connectivity index (χ1v) is 23.1. The number of carbonyl (C=O) groups excluding carboxylic acids is 6. The smallest absolute Gasteiger partial charge is 0.333 e. The van der Waals surface area contributed by atoms with Gasteiger partial charge in [0, 0.05) is 24.1 Å². The zero-order valence-electron chi connectivity index (χ0n) is 37.5. The largest absolute Gasteiger partial charge is 0.465 e. The van der Waals surface area contributed by atoms with Crippen molar-refractivity contribution < 1.29 is 66.7 Å². The first-order valence-electron chi connectivity index (χ1n) is 22.3. The molecule has 0 aliphatic heterocycles. The van der Waals surface area contributed by atoms with E-state index in [0.29, 0.717) is 96.9 Å². The average Bonchev–Trinajstić information content (AvgIpc) is 3.84. The topological polar surface area (TPSA) is 213 Å². The van der Waals surface area contributed by atoms with Crippen LogP contribution in [0.2, 0.25) is 0 Å². The summed E-state index contributed by atoms with van der Waals surface area (Å²) in [5.74, 6) is -2.59. The second kappa shape index (κ2) is 23.7. The van der Waals surface area contributed by atoms with Crippen LogP contribution in [0.25, 0.3) is 20.8 Å². The van der Waals surface area contributed by atoms with Crippen molar-refractivity contribution in [3.63, 3.8) is 0 Å². The highest BCUT2D eigenvalue weighted by Crippen LogP contribution is 2.39. The van der Waals surface area contributed by atoms with Crippen LogP contribution in [0.15, 0.2) is 110 Å². The Morgan fingerprint density at radius 2 is 1.03 bits per heavy atom. The Morgan fingerprint density at radius 3 is 1.49 bits per heavy atom. The maximum Gasteiger partial charge on any atom is 0.333 e. The molecule has 356 valence electrons. The predicted molar refractivity (Wildman–Crippen MR) is 249 cm³/mol. The molecule has 0 bridgehead atoms. The Morgan fingerprint density at radius 1 is 0.580 bits per heavy atom. The number of rotatable bonds is 19. The van der Waals surface area contributed by atoms with Crippen LogP contribution in [0.5, 0.6) is 28.7 Å². The number of hydrogen-bond donors (Lipinski definition) is 0.